The zero-order chi connectivity index (χ0) is 16.5. The predicted molar refractivity (Wildman–Crippen MR) is 95.6 cm³/mol. The first-order valence-corrected chi connectivity index (χ1v) is 10.7. The van der Waals surface area contributed by atoms with E-state index in [1.165, 1.54) is 83.1 Å². The van der Waals surface area contributed by atoms with Gasteiger partial charge in [0, 0.05) is 0 Å². The van der Waals surface area contributed by atoms with Crippen LogP contribution in [0.25, 0.3) is 0 Å². The lowest BCUT2D eigenvalue weighted by Gasteiger charge is -2.02. The molecule has 0 spiro atoms. The SMILES string of the molecule is CCCCCCCCCCCCCCCC/C=C\S(=O)(=O)O. The molecule has 0 amide bonds. The normalized spacial score (nSPS) is 12.3. The van der Waals surface area contributed by atoms with Gasteiger partial charge in [0.15, 0.2) is 0 Å². The van der Waals surface area contributed by atoms with Crippen molar-refractivity contribution >= 4 is 10.1 Å². The Morgan fingerprint density at radius 1 is 0.682 bits per heavy atom. The molecule has 0 aliphatic rings. The molecule has 0 aromatic carbocycles. The van der Waals surface area contributed by atoms with Gasteiger partial charge < -0.3 is 0 Å². The average molecular weight is 333 g/mol. The molecule has 0 aromatic rings. The monoisotopic (exact) mass is 332 g/mol. The van der Waals surface area contributed by atoms with Crippen LogP contribution < -0.4 is 0 Å². The smallest absolute Gasteiger partial charge is 0.282 e. The molecule has 1 N–H and O–H groups in total. The molecule has 132 valence electrons. The summed E-state index contributed by atoms with van der Waals surface area (Å²) in [5.74, 6) is 0. The highest BCUT2D eigenvalue weighted by atomic mass is 32.2. The van der Waals surface area contributed by atoms with Crippen molar-refractivity contribution in [3.8, 4) is 0 Å². The predicted octanol–water partition coefficient (Wildman–Crippen LogP) is 6.26. The van der Waals surface area contributed by atoms with Crippen LogP contribution in [0, 0.1) is 0 Å². The van der Waals surface area contributed by atoms with E-state index in [0.29, 0.717) is 0 Å². The molecule has 0 saturated carbocycles. The van der Waals surface area contributed by atoms with Crippen LogP contribution in [0.5, 0.6) is 0 Å². The van der Waals surface area contributed by atoms with Crippen LogP contribution in [0.15, 0.2) is 11.5 Å². The minimum absolute atomic E-state index is 0.734. The van der Waals surface area contributed by atoms with Gasteiger partial charge >= 0.3 is 0 Å². The summed E-state index contributed by atoms with van der Waals surface area (Å²) in [7, 11) is -3.92. The third-order valence-electron chi connectivity index (χ3n) is 3.99. The molecular weight excluding hydrogens is 296 g/mol. The molecule has 0 fully saturated rings. The van der Waals surface area contributed by atoms with Crippen molar-refractivity contribution in [3.05, 3.63) is 11.5 Å². The summed E-state index contributed by atoms with van der Waals surface area (Å²) < 4.78 is 29.4. The van der Waals surface area contributed by atoms with E-state index in [2.05, 4.69) is 6.92 Å². The zero-order valence-electron chi connectivity index (χ0n) is 14.4. The van der Waals surface area contributed by atoms with Crippen LogP contribution in [0.2, 0.25) is 0 Å². The minimum Gasteiger partial charge on any atom is -0.282 e. The first-order chi connectivity index (χ1) is 10.6. The summed E-state index contributed by atoms with van der Waals surface area (Å²) >= 11 is 0. The topological polar surface area (TPSA) is 54.4 Å². The van der Waals surface area contributed by atoms with Gasteiger partial charge in [-0.2, -0.15) is 8.42 Å². The highest BCUT2D eigenvalue weighted by Crippen LogP contribution is 2.13. The fourth-order valence-electron chi connectivity index (χ4n) is 2.65. The molecule has 4 heteroatoms. The molecule has 0 radical (unpaired) electrons. The Hall–Kier alpha value is -0.350. The third-order valence-corrected chi connectivity index (χ3v) is 4.53. The second-order valence-corrected chi connectivity index (χ2v) is 7.57. The van der Waals surface area contributed by atoms with Crippen LogP contribution in [-0.4, -0.2) is 13.0 Å². The molecule has 22 heavy (non-hydrogen) atoms. The van der Waals surface area contributed by atoms with Crippen molar-refractivity contribution in [2.45, 2.75) is 103 Å². The molecule has 0 aromatic heterocycles. The van der Waals surface area contributed by atoms with Gasteiger partial charge in [0.2, 0.25) is 0 Å². The Morgan fingerprint density at radius 2 is 1.05 bits per heavy atom. The molecule has 0 aliphatic carbocycles. The van der Waals surface area contributed by atoms with E-state index in [9.17, 15) is 8.42 Å². The second kappa shape index (κ2) is 15.5. The van der Waals surface area contributed by atoms with Gasteiger partial charge in [0.05, 0.1) is 5.41 Å². The lowest BCUT2D eigenvalue weighted by molar-refractivity contribution is 0.494. The van der Waals surface area contributed by atoms with Crippen molar-refractivity contribution in [1.82, 2.24) is 0 Å². The average Bonchev–Trinajstić information content (AvgIpc) is 2.45. The molecule has 0 atom stereocenters. The maximum Gasteiger partial charge on any atom is 0.287 e. The molecular formula is C18H36O3S. The Morgan fingerprint density at radius 3 is 1.41 bits per heavy atom. The molecule has 0 aliphatic heterocycles. The largest absolute Gasteiger partial charge is 0.287 e. The van der Waals surface area contributed by atoms with E-state index >= 15 is 0 Å². The summed E-state index contributed by atoms with van der Waals surface area (Å²) in [5, 5.41) is 0.884. The Bertz CT molecular complexity index is 347. The van der Waals surface area contributed by atoms with E-state index in [4.69, 9.17) is 4.55 Å². The maximum atomic E-state index is 10.4. The van der Waals surface area contributed by atoms with Crippen LogP contribution in [-0.2, 0) is 10.1 Å². The van der Waals surface area contributed by atoms with Crippen LogP contribution in [0.3, 0.4) is 0 Å². The van der Waals surface area contributed by atoms with E-state index in [0.717, 1.165) is 24.7 Å². The Kier molecular flexibility index (Phi) is 15.3. The summed E-state index contributed by atoms with van der Waals surface area (Å²) in [6.45, 7) is 2.26. The summed E-state index contributed by atoms with van der Waals surface area (Å²) in [5.41, 5.74) is 0. The molecule has 0 saturated heterocycles. The third kappa shape index (κ3) is 19.7. The minimum atomic E-state index is -3.92. The van der Waals surface area contributed by atoms with E-state index in [-0.39, 0.29) is 0 Å². The van der Waals surface area contributed by atoms with Crippen molar-refractivity contribution < 1.29 is 13.0 Å². The molecule has 0 bridgehead atoms. The van der Waals surface area contributed by atoms with Gasteiger partial charge in [0.1, 0.15) is 0 Å². The lowest BCUT2D eigenvalue weighted by atomic mass is 10.0. The van der Waals surface area contributed by atoms with Gasteiger partial charge in [-0.25, -0.2) is 0 Å². The van der Waals surface area contributed by atoms with Gasteiger partial charge in [-0.3, -0.25) is 4.55 Å². The van der Waals surface area contributed by atoms with Crippen LogP contribution >= 0.6 is 0 Å². The van der Waals surface area contributed by atoms with Gasteiger partial charge in [-0.1, -0.05) is 96.5 Å². The summed E-state index contributed by atoms with van der Waals surface area (Å²) in [4.78, 5) is 0. The molecule has 0 rings (SSSR count). The first kappa shape index (κ1) is 21.6. The van der Waals surface area contributed by atoms with Gasteiger partial charge in [0.25, 0.3) is 10.1 Å². The van der Waals surface area contributed by atoms with Gasteiger partial charge in [-0.15, -0.1) is 0 Å². The Labute approximate surface area is 138 Å². The van der Waals surface area contributed by atoms with E-state index in [1.807, 2.05) is 0 Å². The van der Waals surface area contributed by atoms with Crippen molar-refractivity contribution in [3.63, 3.8) is 0 Å². The summed E-state index contributed by atoms with van der Waals surface area (Å²) in [6, 6.07) is 0. The van der Waals surface area contributed by atoms with E-state index in [1.54, 1.807) is 0 Å². The summed E-state index contributed by atoms with van der Waals surface area (Å²) in [6.07, 6.45) is 20.8. The number of allylic oxidation sites excluding steroid dienone is 1. The highest BCUT2D eigenvalue weighted by molar-refractivity contribution is 7.88. The first-order valence-electron chi connectivity index (χ1n) is 9.20. The van der Waals surface area contributed by atoms with Crippen molar-refractivity contribution in [1.29, 1.82) is 0 Å². The number of unbranched alkanes of at least 4 members (excludes halogenated alkanes) is 14. The second-order valence-electron chi connectivity index (χ2n) is 6.27. The fourth-order valence-corrected chi connectivity index (χ4v) is 3.03. The van der Waals surface area contributed by atoms with E-state index < -0.39 is 10.1 Å². The van der Waals surface area contributed by atoms with Crippen LogP contribution in [0.4, 0.5) is 0 Å². The van der Waals surface area contributed by atoms with Crippen molar-refractivity contribution in [2.24, 2.45) is 0 Å². The quantitative estimate of drug-likeness (QED) is 0.268. The number of hydrogen-bond donors (Lipinski definition) is 1. The number of hydrogen-bond acceptors (Lipinski definition) is 2. The molecule has 3 nitrogen and oxygen atoms in total. The Balaban J connectivity index is 3.10. The van der Waals surface area contributed by atoms with Gasteiger partial charge in [-0.05, 0) is 12.8 Å². The lowest BCUT2D eigenvalue weighted by Crippen LogP contribution is -1.89. The van der Waals surface area contributed by atoms with Crippen LogP contribution in [0.1, 0.15) is 103 Å². The highest BCUT2D eigenvalue weighted by Gasteiger charge is 1.95. The fraction of sp³-hybridized carbons (Fsp3) is 0.889. The zero-order valence-corrected chi connectivity index (χ0v) is 15.2. The van der Waals surface area contributed by atoms with Crippen molar-refractivity contribution in [2.75, 3.05) is 0 Å². The maximum absolute atomic E-state index is 10.4. The molecule has 0 heterocycles. The number of rotatable bonds is 16. The molecule has 0 unspecified atom stereocenters. The standard InChI is InChI=1S/C18H36O3S/c1-2-3-4-5-6-7-8-9-10-11-12-13-14-15-16-17-18-22(19,20)21/h17-18H,2-16H2,1H3,(H,19,20,21)/b18-17-.